The minimum Gasteiger partial charge on any atom is -0.326 e. The van der Waals surface area contributed by atoms with E-state index >= 15 is 0 Å². The lowest BCUT2D eigenvalue weighted by atomic mass is 9.90. The van der Waals surface area contributed by atoms with Crippen LogP contribution in [-0.2, 0) is 13.1 Å². The van der Waals surface area contributed by atoms with Crippen molar-refractivity contribution in [1.82, 2.24) is 29.3 Å². The number of halogens is 1. The fourth-order valence-electron chi connectivity index (χ4n) is 4.21. The highest BCUT2D eigenvalue weighted by Crippen LogP contribution is 2.33. The van der Waals surface area contributed by atoms with Crippen molar-refractivity contribution in [3.63, 3.8) is 0 Å². The van der Waals surface area contributed by atoms with Gasteiger partial charge in [0.05, 0.1) is 17.0 Å². The van der Waals surface area contributed by atoms with Crippen LogP contribution < -0.4 is 5.32 Å². The highest BCUT2D eigenvalue weighted by Gasteiger charge is 2.26. The summed E-state index contributed by atoms with van der Waals surface area (Å²) < 4.78 is 18.5. The van der Waals surface area contributed by atoms with Gasteiger partial charge in [0.1, 0.15) is 12.2 Å². The standard InChI is InChI=1S/C26H24FN7O/c1-3-33-16-28-26(32-33)31-25(35)19-15-20-23(29-22(19)27)30-24(34(20)4-2)21(17-11-7-5-8-12-17)18-13-9-6-10-14-18/h5-16,21H,3-4H2,1-2H3,(H,31,32,35). The average Bonchev–Trinajstić information content (AvgIpc) is 3.48. The van der Waals surface area contributed by atoms with E-state index in [-0.39, 0.29) is 23.1 Å². The molecular formula is C26H24FN7O. The predicted molar refractivity (Wildman–Crippen MR) is 131 cm³/mol. The molecule has 0 bridgehead atoms. The first-order valence-electron chi connectivity index (χ1n) is 11.5. The van der Waals surface area contributed by atoms with Crippen molar-refractivity contribution in [2.24, 2.45) is 0 Å². The average molecular weight is 470 g/mol. The lowest BCUT2D eigenvalue weighted by Gasteiger charge is -2.19. The molecule has 0 spiro atoms. The largest absolute Gasteiger partial charge is 0.326 e. The quantitative estimate of drug-likeness (QED) is 0.351. The summed E-state index contributed by atoms with van der Waals surface area (Å²) in [5.41, 5.74) is 2.75. The summed E-state index contributed by atoms with van der Waals surface area (Å²) in [7, 11) is 0. The number of carbonyl (C=O) groups excluding carboxylic acids is 1. The number of rotatable bonds is 7. The number of hydrogen-bond acceptors (Lipinski definition) is 5. The van der Waals surface area contributed by atoms with Crippen LogP contribution in [0.5, 0.6) is 0 Å². The number of hydrogen-bond donors (Lipinski definition) is 1. The monoisotopic (exact) mass is 469 g/mol. The summed E-state index contributed by atoms with van der Waals surface area (Å²) in [5.74, 6) is -0.914. The Morgan fingerprint density at radius 1 is 0.971 bits per heavy atom. The third-order valence-corrected chi connectivity index (χ3v) is 5.89. The van der Waals surface area contributed by atoms with E-state index < -0.39 is 11.9 Å². The zero-order chi connectivity index (χ0) is 24.4. The molecule has 3 aromatic heterocycles. The van der Waals surface area contributed by atoms with E-state index in [2.05, 4.69) is 20.4 Å². The second kappa shape index (κ2) is 9.46. The lowest BCUT2D eigenvalue weighted by molar-refractivity contribution is 0.102. The number of pyridine rings is 1. The molecule has 1 N–H and O–H groups in total. The van der Waals surface area contributed by atoms with Crippen LogP contribution in [0.25, 0.3) is 11.2 Å². The Bertz CT molecular complexity index is 1440. The molecule has 0 fully saturated rings. The fourth-order valence-corrected chi connectivity index (χ4v) is 4.21. The number of benzene rings is 2. The molecule has 0 radical (unpaired) electrons. The molecule has 1 amide bonds. The third kappa shape index (κ3) is 4.28. The van der Waals surface area contributed by atoms with Gasteiger partial charge in [0, 0.05) is 13.1 Å². The van der Waals surface area contributed by atoms with Crippen molar-refractivity contribution in [2.45, 2.75) is 32.9 Å². The maximum Gasteiger partial charge on any atom is 0.262 e. The summed E-state index contributed by atoms with van der Waals surface area (Å²) in [4.78, 5) is 25.7. The normalized spacial score (nSPS) is 11.3. The summed E-state index contributed by atoms with van der Waals surface area (Å²) >= 11 is 0. The van der Waals surface area contributed by atoms with Gasteiger partial charge in [-0.1, -0.05) is 60.7 Å². The molecule has 3 heterocycles. The Kier molecular flexibility index (Phi) is 6.05. The fraction of sp³-hybridized carbons (Fsp3) is 0.192. The molecule has 9 heteroatoms. The second-order valence-corrected chi connectivity index (χ2v) is 8.02. The number of fused-ring (bicyclic) bond motifs is 1. The Morgan fingerprint density at radius 2 is 1.63 bits per heavy atom. The van der Waals surface area contributed by atoms with Gasteiger partial charge in [-0.2, -0.15) is 9.37 Å². The zero-order valence-electron chi connectivity index (χ0n) is 19.4. The highest BCUT2D eigenvalue weighted by atomic mass is 19.1. The van der Waals surface area contributed by atoms with Crippen LogP contribution in [0, 0.1) is 5.95 Å². The number of amides is 1. The van der Waals surface area contributed by atoms with Gasteiger partial charge in [0.15, 0.2) is 5.65 Å². The van der Waals surface area contributed by atoms with Crippen LogP contribution in [-0.4, -0.2) is 35.2 Å². The number of carbonyl (C=O) groups is 1. The van der Waals surface area contributed by atoms with Crippen molar-refractivity contribution >= 4 is 23.0 Å². The van der Waals surface area contributed by atoms with Crippen molar-refractivity contribution in [1.29, 1.82) is 0 Å². The molecule has 8 nitrogen and oxygen atoms in total. The highest BCUT2D eigenvalue weighted by molar-refractivity contribution is 6.04. The molecule has 0 saturated carbocycles. The number of aromatic nitrogens is 6. The molecule has 0 atom stereocenters. The first kappa shape index (κ1) is 22.4. The molecule has 2 aromatic carbocycles. The SMILES string of the molecule is CCn1cnc(NC(=O)c2cc3c(nc2F)nc(C(c2ccccc2)c2ccccc2)n3CC)n1. The number of nitrogens with one attached hydrogen (secondary N) is 1. The molecule has 0 saturated heterocycles. The number of anilines is 1. The van der Waals surface area contributed by atoms with E-state index in [1.807, 2.05) is 79.1 Å². The molecule has 0 unspecified atom stereocenters. The van der Waals surface area contributed by atoms with Crippen molar-refractivity contribution < 1.29 is 9.18 Å². The molecule has 0 aliphatic heterocycles. The van der Waals surface area contributed by atoms with Gasteiger partial charge in [-0.05, 0) is 31.0 Å². The minimum atomic E-state index is -0.895. The minimum absolute atomic E-state index is 0.106. The first-order chi connectivity index (χ1) is 17.1. The Hall–Kier alpha value is -4.40. The van der Waals surface area contributed by atoms with Gasteiger partial charge >= 0.3 is 0 Å². The summed E-state index contributed by atoms with van der Waals surface area (Å²) in [6, 6.07) is 21.6. The van der Waals surface area contributed by atoms with Crippen LogP contribution >= 0.6 is 0 Å². The number of aryl methyl sites for hydroxylation is 2. The Balaban J connectivity index is 1.61. The Morgan fingerprint density at radius 3 is 2.20 bits per heavy atom. The van der Waals surface area contributed by atoms with E-state index in [0.29, 0.717) is 18.6 Å². The smallest absolute Gasteiger partial charge is 0.262 e. The predicted octanol–water partition coefficient (Wildman–Crippen LogP) is 4.63. The van der Waals surface area contributed by atoms with Crippen molar-refractivity contribution in [3.8, 4) is 0 Å². The summed E-state index contributed by atoms with van der Waals surface area (Å²) in [5, 5.41) is 6.67. The van der Waals surface area contributed by atoms with Gasteiger partial charge in [0.25, 0.3) is 5.91 Å². The van der Waals surface area contributed by atoms with Crippen molar-refractivity contribution in [2.75, 3.05) is 5.32 Å². The van der Waals surface area contributed by atoms with Gasteiger partial charge in [0.2, 0.25) is 11.9 Å². The van der Waals surface area contributed by atoms with E-state index in [0.717, 1.165) is 17.0 Å². The van der Waals surface area contributed by atoms with Gasteiger partial charge in [-0.3, -0.25) is 14.8 Å². The molecule has 5 rings (SSSR count). The van der Waals surface area contributed by atoms with Crippen molar-refractivity contribution in [3.05, 3.63) is 102 Å². The van der Waals surface area contributed by atoms with Crippen LogP contribution in [0.3, 0.4) is 0 Å². The molecular weight excluding hydrogens is 445 g/mol. The Labute approximate surface area is 201 Å². The maximum atomic E-state index is 15.0. The topological polar surface area (TPSA) is 90.5 Å². The molecule has 5 aromatic rings. The van der Waals surface area contributed by atoms with E-state index in [9.17, 15) is 9.18 Å². The lowest BCUT2D eigenvalue weighted by Crippen LogP contribution is -2.16. The first-order valence-corrected chi connectivity index (χ1v) is 11.5. The summed E-state index contributed by atoms with van der Waals surface area (Å²) in [6.07, 6.45) is 1.50. The van der Waals surface area contributed by atoms with Gasteiger partial charge in [-0.25, -0.2) is 9.97 Å². The molecule has 0 aliphatic carbocycles. The summed E-state index contributed by atoms with van der Waals surface area (Å²) in [6.45, 7) is 5.06. The van der Waals surface area contributed by atoms with E-state index in [1.54, 1.807) is 4.68 Å². The van der Waals surface area contributed by atoms with Crippen LogP contribution in [0.15, 0.2) is 73.1 Å². The van der Waals surface area contributed by atoms with Gasteiger partial charge < -0.3 is 4.57 Å². The van der Waals surface area contributed by atoms with E-state index in [4.69, 9.17) is 4.98 Å². The third-order valence-electron chi connectivity index (χ3n) is 5.89. The number of nitrogens with zero attached hydrogens (tertiary/aromatic N) is 6. The number of imidazole rings is 1. The van der Waals surface area contributed by atoms with Gasteiger partial charge in [-0.15, -0.1) is 5.10 Å². The molecule has 176 valence electrons. The molecule has 35 heavy (non-hydrogen) atoms. The van der Waals surface area contributed by atoms with E-state index in [1.165, 1.54) is 12.4 Å². The maximum absolute atomic E-state index is 15.0. The zero-order valence-corrected chi connectivity index (χ0v) is 19.4. The molecule has 0 aliphatic rings. The van der Waals surface area contributed by atoms with Crippen LogP contribution in [0.2, 0.25) is 0 Å². The second-order valence-electron chi connectivity index (χ2n) is 8.02. The van der Waals surface area contributed by atoms with Crippen LogP contribution in [0.1, 0.15) is 47.1 Å². The van der Waals surface area contributed by atoms with Crippen LogP contribution in [0.4, 0.5) is 10.3 Å².